The molecule has 1 fully saturated rings. The van der Waals surface area contributed by atoms with Crippen molar-refractivity contribution in [1.82, 2.24) is 10.2 Å². The van der Waals surface area contributed by atoms with Crippen molar-refractivity contribution in [1.29, 1.82) is 0 Å². The summed E-state index contributed by atoms with van der Waals surface area (Å²) >= 11 is 8.96. The van der Waals surface area contributed by atoms with Gasteiger partial charge in [-0.3, -0.25) is 9.69 Å². The van der Waals surface area contributed by atoms with E-state index in [-0.39, 0.29) is 11.8 Å². The molecule has 1 unspecified atom stereocenters. The van der Waals surface area contributed by atoms with E-state index in [4.69, 9.17) is 11.6 Å². The first-order chi connectivity index (χ1) is 8.24. The Morgan fingerprint density at radius 3 is 3.06 bits per heavy atom. The molecule has 1 aliphatic heterocycles. The zero-order valence-electron chi connectivity index (χ0n) is 9.56. The first kappa shape index (κ1) is 13.1. The molecule has 1 atom stereocenters. The lowest BCUT2D eigenvalue weighted by Crippen LogP contribution is -2.24. The highest BCUT2D eigenvalue weighted by Crippen LogP contribution is 2.32. The molecule has 2 heterocycles. The maximum absolute atomic E-state index is 11.8. The van der Waals surface area contributed by atoms with Crippen LogP contribution in [0, 0.1) is 5.92 Å². The highest BCUT2D eigenvalue weighted by atomic mass is 35.5. The van der Waals surface area contributed by atoms with Crippen molar-refractivity contribution < 1.29 is 4.79 Å². The number of thioether (sulfide) groups is 1. The van der Waals surface area contributed by atoms with E-state index in [9.17, 15) is 4.79 Å². The van der Waals surface area contributed by atoms with Gasteiger partial charge in [0.2, 0.25) is 11.0 Å². The molecule has 0 bridgehead atoms. The Balaban J connectivity index is 2.02. The van der Waals surface area contributed by atoms with Crippen molar-refractivity contribution in [3.63, 3.8) is 0 Å². The SMILES string of the molecule is CCCSc1nnc(N2CC(CCl)CC2=O)s1. The van der Waals surface area contributed by atoms with E-state index in [1.807, 2.05) is 0 Å². The van der Waals surface area contributed by atoms with Crippen molar-refractivity contribution in [2.24, 2.45) is 5.92 Å². The molecule has 0 radical (unpaired) electrons. The summed E-state index contributed by atoms with van der Waals surface area (Å²) in [6.45, 7) is 2.80. The molecular weight excluding hydrogens is 278 g/mol. The predicted octanol–water partition coefficient (Wildman–Crippen LogP) is 2.63. The highest BCUT2D eigenvalue weighted by molar-refractivity contribution is 8.01. The predicted molar refractivity (Wildman–Crippen MR) is 72.1 cm³/mol. The van der Waals surface area contributed by atoms with Crippen LogP contribution in [0.2, 0.25) is 0 Å². The Kier molecular flexibility index (Phi) is 4.64. The maximum atomic E-state index is 11.8. The third kappa shape index (κ3) is 3.11. The summed E-state index contributed by atoms with van der Waals surface area (Å²) in [4.78, 5) is 13.5. The molecule has 0 spiro atoms. The fourth-order valence-electron chi connectivity index (χ4n) is 1.63. The van der Waals surface area contributed by atoms with Crippen molar-refractivity contribution in [2.45, 2.75) is 24.1 Å². The molecule has 17 heavy (non-hydrogen) atoms. The summed E-state index contributed by atoms with van der Waals surface area (Å²) in [5.74, 6) is 1.92. The van der Waals surface area contributed by atoms with Crippen LogP contribution in [-0.4, -0.2) is 34.3 Å². The number of aromatic nitrogens is 2. The minimum atomic E-state index is 0.110. The van der Waals surface area contributed by atoms with Crippen LogP contribution in [-0.2, 0) is 4.79 Å². The molecule has 7 heteroatoms. The fraction of sp³-hybridized carbons (Fsp3) is 0.700. The van der Waals surface area contributed by atoms with Gasteiger partial charge in [0.05, 0.1) is 0 Å². The molecule has 4 nitrogen and oxygen atoms in total. The van der Waals surface area contributed by atoms with E-state index >= 15 is 0 Å². The first-order valence-corrected chi connectivity index (χ1v) is 7.91. The highest BCUT2D eigenvalue weighted by Gasteiger charge is 2.32. The third-order valence-corrected chi connectivity index (χ3v) is 5.20. The Hall–Kier alpha value is -0.330. The molecule has 0 aliphatic carbocycles. The van der Waals surface area contributed by atoms with Crippen molar-refractivity contribution in [3.8, 4) is 0 Å². The van der Waals surface area contributed by atoms with Gasteiger partial charge < -0.3 is 0 Å². The summed E-state index contributed by atoms with van der Waals surface area (Å²) in [5, 5.41) is 8.88. The largest absolute Gasteiger partial charge is 0.286 e. The van der Waals surface area contributed by atoms with Gasteiger partial charge in [0.15, 0.2) is 4.34 Å². The molecule has 1 aromatic rings. The first-order valence-electron chi connectivity index (χ1n) is 5.57. The van der Waals surface area contributed by atoms with Crippen molar-refractivity contribution in [3.05, 3.63) is 0 Å². The number of hydrogen-bond acceptors (Lipinski definition) is 5. The van der Waals surface area contributed by atoms with E-state index in [2.05, 4.69) is 17.1 Å². The van der Waals surface area contributed by atoms with Gasteiger partial charge in [-0.25, -0.2) is 0 Å². The molecule has 1 amide bonds. The fourth-order valence-corrected chi connectivity index (χ4v) is 3.63. The van der Waals surface area contributed by atoms with E-state index < -0.39 is 0 Å². The minimum Gasteiger partial charge on any atom is -0.286 e. The number of rotatable bonds is 5. The lowest BCUT2D eigenvalue weighted by molar-refractivity contribution is -0.117. The van der Waals surface area contributed by atoms with Crippen LogP contribution in [0.5, 0.6) is 0 Å². The zero-order chi connectivity index (χ0) is 12.3. The quantitative estimate of drug-likeness (QED) is 0.475. The van der Waals surface area contributed by atoms with E-state index in [1.165, 1.54) is 11.3 Å². The van der Waals surface area contributed by atoms with Crippen molar-refractivity contribution in [2.75, 3.05) is 23.1 Å². The molecule has 0 aromatic carbocycles. The summed E-state index contributed by atoms with van der Waals surface area (Å²) in [6, 6.07) is 0. The van der Waals surface area contributed by atoms with Crippen LogP contribution in [0.15, 0.2) is 4.34 Å². The van der Waals surface area contributed by atoms with E-state index in [0.717, 1.165) is 16.5 Å². The van der Waals surface area contributed by atoms with Gasteiger partial charge in [-0.05, 0) is 12.3 Å². The molecule has 1 aliphatic rings. The Morgan fingerprint density at radius 2 is 2.41 bits per heavy atom. The van der Waals surface area contributed by atoms with Crippen LogP contribution in [0.4, 0.5) is 5.13 Å². The average Bonchev–Trinajstić information content (AvgIpc) is 2.92. The molecule has 94 valence electrons. The van der Waals surface area contributed by atoms with E-state index in [0.29, 0.717) is 24.0 Å². The Labute approximate surface area is 114 Å². The van der Waals surface area contributed by atoms with Crippen molar-refractivity contribution >= 4 is 45.7 Å². The lowest BCUT2D eigenvalue weighted by atomic mass is 10.2. The van der Waals surface area contributed by atoms with E-state index in [1.54, 1.807) is 16.7 Å². The number of carbonyl (C=O) groups is 1. The number of anilines is 1. The standard InChI is InChI=1S/C10H14ClN3OS2/c1-2-3-16-10-13-12-9(17-10)14-6-7(5-11)4-8(14)15/h7H,2-6H2,1H3. The maximum Gasteiger partial charge on any atom is 0.229 e. The van der Waals surface area contributed by atoms with Crippen LogP contribution in [0.3, 0.4) is 0 Å². The van der Waals surface area contributed by atoms with Gasteiger partial charge in [-0.2, -0.15) is 0 Å². The van der Waals surface area contributed by atoms with Gasteiger partial charge in [0.25, 0.3) is 0 Å². The average molecular weight is 292 g/mol. The molecule has 0 saturated carbocycles. The smallest absolute Gasteiger partial charge is 0.229 e. The molecule has 1 aromatic heterocycles. The second-order valence-electron chi connectivity index (χ2n) is 3.93. The van der Waals surface area contributed by atoms with Gasteiger partial charge >= 0.3 is 0 Å². The van der Waals surface area contributed by atoms with Crippen LogP contribution >= 0.6 is 34.7 Å². The summed E-state index contributed by atoms with van der Waals surface area (Å²) in [6.07, 6.45) is 1.64. The summed E-state index contributed by atoms with van der Waals surface area (Å²) < 4.78 is 0.934. The number of carbonyl (C=O) groups excluding carboxylic acids is 1. The molecular formula is C10H14ClN3OS2. The lowest BCUT2D eigenvalue weighted by Gasteiger charge is -2.10. The molecule has 0 N–H and O–H groups in total. The molecule has 1 saturated heterocycles. The van der Waals surface area contributed by atoms with Gasteiger partial charge in [-0.15, -0.1) is 21.8 Å². The summed E-state index contributed by atoms with van der Waals surface area (Å²) in [5.41, 5.74) is 0. The number of nitrogens with zero attached hydrogens (tertiary/aromatic N) is 3. The van der Waals surface area contributed by atoms with Crippen LogP contribution in [0.25, 0.3) is 0 Å². The Morgan fingerprint density at radius 1 is 1.59 bits per heavy atom. The van der Waals surface area contributed by atoms with Gasteiger partial charge in [0.1, 0.15) is 0 Å². The topological polar surface area (TPSA) is 46.1 Å². The second kappa shape index (κ2) is 6.02. The molecule has 2 rings (SSSR count). The normalized spacial score (nSPS) is 20.2. The number of halogens is 1. The third-order valence-electron chi connectivity index (χ3n) is 2.48. The Bertz CT molecular complexity index is 399. The second-order valence-corrected chi connectivity index (χ2v) is 6.53. The number of hydrogen-bond donors (Lipinski definition) is 0. The van der Waals surface area contributed by atoms with Gasteiger partial charge in [-0.1, -0.05) is 30.0 Å². The summed E-state index contributed by atoms with van der Waals surface area (Å²) in [7, 11) is 0. The van der Waals surface area contributed by atoms with Gasteiger partial charge in [0, 0.05) is 24.6 Å². The number of alkyl halides is 1. The monoisotopic (exact) mass is 291 g/mol. The van der Waals surface area contributed by atoms with Crippen LogP contribution < -0.4 is 4.90 Å². The minimum absolute atomic E-state index is 0.110. The van der Waals surface area contributed by atoms with Crippen LogP contribution in [0.1, 0.15) is 19.8 Å². The number of amides is 1. The zero-order valence-corrected chi connectivity index (χ0v) is 11.9.